The van der Waals surface area contributed by atoms with Crippen LogP contribution in [-0.4, -0.2) is 30.8 Å². The van der Waals surface area contributed by atoms with Crippen molar-refractivity contribution in [3.05, 3.63) is 30.0 Å². The summed E-state index contributed by atoms with van der Waals surface area (Å²) in [6.07, 6.45) is 7.79. The molecule has 0 fully saturated rings. The van der Waals surface area contributed by atoms with Crippen LogP contribution in [-0.2, 0) is 0 Å². The first-order chi connectivity index (χ1) is 8.29. The summed E-state index contributed by atoms with van der Waals surface area (Å²) in [4.78, 5) is 12.3. The smallest absolute Gasteiger partial charge is 0.165 e. The van der Waals surface area contributed by atoms with Gasteiger partial charge in [-0.1, -0.05) is 23.8 Å². The Balaban J connectivity index is 2.02. The maximum atomic E-state index is 8.87. The van der Waals surface area contributed by atoms with Gasteiger partial charge < -0.3 is 9.77 Å². The normalized spacial score (nSPS) is 23.6. The number of imidazole rings is 1. The van der Waals surface area contributed by atoms with E-state index >= 15 is 0 Å². The largest absolute Gasteiger partial charge is 0.316 e. The molecular formula is C10H10ClN5O. The van der Waals surface area contributed by atoms with Crippen LogP contribution in [0.25, 0.3) is 11.2 Å². The third kappa shape index (κ3) is 1.70. The standard InChI is InChI=1S/C10H10ClN5O/c11-9-8-10(13-4-12-9)16(5-14-8)7-2-1-6(3-7)15-17/h1-2,4-7,15,17H,3H2/t6-,7?/m1/s1. The molecule has 1 unspecified atom stereocenters. The minimum absolute atomic E-state index is 0.0326. The SMILES string of the molecule is ON[C@@H]1C=CC(n2cnc3c(Cl)ncnc32)C1. The van der Waals surface area contributed by atoms with Gasteiger partial charge in [-0.2, -0.15) is 5.48 Å². The molecule has 2 heterocycles. The first-order valence-corrected chi connectivity index (χ1v) is 5.58. The Kier molecular flexibility index (Phi) is 2.54. The van der Waals surface area contributed by atoms with Gasteiger partial charge in [0.25, 0.3) is 0 Å². The van der Waals surface area contributed by atoms with E-state index < -0.39 is 0 Å². The van der Waals surface area contributed by atoms with Crippen LogP contribution in [0.3, 0.4) is 0 Å². The van der Waals surface area contributed by atoms with Gasteiger partial charge in [0, 0.05) is 0 Å². The van der Waals surface area contributed by atoms with Crippen LogP contribution in [0, 0.1) is 0 Å². The van der Waals surface area contributed by atoms with E-state index in [2.05, 4.69) is 20.4 Å². The van der Waals surface area contributed by atoms with Crippen molar-refractivity contribution in [2.75, 3.05) is 0 Å². The van der Waals surface area contributed by atoms with Crippen molar-refractivity contribution < 1.29 is 5.21 Å². The first-order valence-electron chi connectivity index (χ1n) is 5.20. The molecule has 2 atom stereocenters. The van der Waals surface area contributed by atoms with Crippen molar-refractivity contribution in [2.45, 2.75) is 18.5 Å². The Morgan fingerprint density at radius 1 is 1.35 bits per heavy atom. The number of hydrogen-bond donors (Lipinski definition) is 2. The Morgan fingerprint density at radius 2 is 2.24 bits per heavy atom. The summed E-state index contributed by atoms with van der Waals surface area (Å²) in [6.45, 7) is 0. The van der Waals surface area contributed by atoms with Crippen molar-refractivity contribution in [3.63, 3.8) is 0 Å². The second-order valence-electron chi connectivity index (χ2n) is 3.91. The summed E-state index contributed by atoms with van der Waals surface area (Å²) in [7, 11) is 0. The van der Waals surface area contributed by atoms with Gasteiger partial charge in [-0.25, -0.2) is 15.0 Å². The van der Waals surface area contributed by atoms with Gasteiger partial charge in [0.2, 0.25) is 0 Å². The minimum Gasteiger partial charge on any atom is -0.316 e. The molecule has 0 aromatic carbocycles. The molecule has 0 saturated heterocycles. The highest BCUT2D eigenvalue weighted by Crippen LogP contribution is 2.27. The summed E-state index contributed by atoms with van der Waals surface area (Å²) < 4.78 is 1.93. The average Bonchev–Trinajstić information content (AvgIpc) is 2.94. The topological polar surface area (TPSA) is 75.9 Å². The van der Waals surface area contributed by atoms with Crippen molar-refractivity contribution in [1.82, 2.24) is 25.0 Å². The highest BCUT2D eigenvalue weighted by Gasteiger charge is 2.22. The van der Waals surface area contributed by atoms with Crippen LogP contribution in [0.1, 0.15) is 12.5 Å². The molecule has 1 aliphatic rings. The molecule has 0 aliphatic heterocycles. The van der Waals surface area contributed by atoms with Crippen molar-refractivity contribution in [1.29, 1.82) is 0 Å². The fraction of sp³-hybridized carbons (Fsp3) is 0.300. The summed E-state index contributed by atoms with van der Waals surface area (Å²) >= 11 is 5.94. The lowest BCUT2D eigenvalue weighted by Crippen LogP contribution is -2.22. The molecule has 17 heavy (non-hydrogen) atoms. The zero-order chi connectivity index (χ0) is 11.8. The van der Waals surface area contributed by atoms with Crippen molar-refractivity contribution >= 4 is 22.8 Å². The highest BCUT2D eigenvalue weighted by molar-refractivity contribution is 6.33. The predicted molar refractivity (Wildman–Crippen MR) is 61.8 cm³/mol. The first kappa shape index (κ1) is 10.6. The average molecular weight is 252 g/mol. The zero-order valence-electron chi connectivity index (χ0n) is 8.79. The molecule has 6 nitrogen and oxygen atoms in total. The fourth-order valence-corrected chi connectivity index (χ4v) is 2.22. The molecule has 0 spiro atoms. The Hall–Kier alpha value is -1.50. The second kappa shape index (κ2) is 4.06. The third-order valence-corrected chi connectivity index (χ3v) is 3.17. The molecule has 2 aromatic heterocycles. The molecule has 88 valence electrons. The van der Waals surface area contributed by atoms with E-state index in [-0.39, 0.29) is 12.1 Å². The van der Waals surface area contributed by atoms with Crippen LogP contribution in [0.15, 0.2) is 24.8 Å². The van der Waals surface area contributed by atoms with Crippen molar-refractivity contribution in [3.8, 4) is 0 Å². The van der Waals surface area contributed by atoms with Crippen LogP contribution in [0.2, 0.25) is 5.15 Å². The maximum absolute atomic E-state index is 8.87. The van der Waals surface area contributed by atoms with E-state index in [1.54, 1.807) is 6.33 Å². The summed E-state index contributed by atoms with van der Waals surface area (Å²) in [6, 6.07) is 0.0883. The third-order valence-electron chi connectivity index (χ3n) is 2.90. The number of hydroxylamine groups is 1. The van der Waals surface area contributed by atoms with E-state index in [1.807, 2.05) is 16.7 Å². The van der Waals surface area contributed by atoms with Gasteiger partial charge in [0.05, 0.1) is 18.4 Å². The molecule has 2 aromatic rings. The molecule has 1 aliphatic carbocycles. The number of halogens is 1. The number of rotatable bonds is 2. The zero-order valence-corrected chi connectivity index (χ0v) is 9.54. The summed E-state index contributed by atoms with van der Waals surface area (Å²) in [5.74, 6) is 0. The molecule has 0 radical (unpaired) electrons. The molecule has 0 bridgehead atoms. The van der Waals surface area contributed by atoms with E-state index in [1.165, 1.54) is 6.33 Å². The number of nitrogens with one attached hydrogen (secondary N) is 1. The molecule has 2 N–H and O–H groups in total. The Labute approximate surface area is 102 Å². The minimum atomic E-state index is -0.0326. The molecule has 3 rings (SSSR count). The maximum Gasteiger partial charge on any atom is 0.165 e. The number of fused-ring (bicyclic) bond motifs is 1. The number of nitrogens with zero attached hydrogens (tertiary/aromatic N) is 4. The Bertz CT molecular complexity index is 581. The van der Waals surface area contributed by atoms with Gasteiger partial charge in [-0.05, 0) is 6.42 Å². The quantitative estimate of drug-likeness (QED) is 0.478. The van der Waals surface area contributed by atoms with Crippen LogP contribution >= 0.6 is 11.6 Å². The second-order valence-corrected chi connectivity index (χ2v) is 4.27. The Morgan fingerprint density at radius 3 is 3.00 bits per heavy atom. The lowest BCUT2D eigenvalue weighted by molar-refractivity contribution is 0.139. The summed E-state index contributed by atoms with van der Waals surface area (Å²) in [5.41, 5.74) is 3.54. The highest BCUT2D eigenvalue weighted by atomic mass is 35.5. The van der Waals surface area contributed by atoms with Crippen LogP contribution < -0.4 is 5.48 Å². The van der Waals surface area contributed by atoms with Gasteiger partial charge in [-0.15, -0.1) is 0 Å². The monoisotopic (exact) mass is 251 g/mol. The van der Waals surface area contributed by atoms with Gasteiger partial charge in [0.1, 0.15) is 11.8 Å². The molecule has 0 saturated carbocycles. The molecule has 7 heteroatoms. The summed E-state index contributed by atoms with van der Waals surface area (Å²) in [5, 5.41) is 9.22. The molecule has 0 amide bonds. The van der Waals surface area contributed by atoms with E-state index in [4.69, 9.17) is 16.8 Å². The molecular weight excluding hydrogens is 242 g/mol. The van der Waals surface area contributed by atoms with Gasteiger partial charge >= 0.3 is 0 Å². The van der Waals surface area contributed by atoms with E-state index in [0.29, 0.717) is 16.3 Å². The fourth-order valence-electron chi connectivity index (χ4n) is 2.05. The number of aromatic nitrogens is 4. The van der Waals surface area contributed by atoms with Crippen molar-refractivity contribution in [2.24, 2.45) is 0 Å². The van der Waals surface area contributed by atoms with Crippen LogP contribution in [0.5, 0.6) is 0 Å². The van der Waals surface area contributed by atoms with E-state index in [0.717, 1.165) is 6.42 Å². The predicted octanol–water partition coefficient (Wildman–Crippen LogP) is 1.33. The van der Waals surface area contributed by atoms with E-state index in [9.17, 15) is 0 Å². The van der Waals surface area contributed by atoms with Gasteiger partial charge in [0.15, 0.2) is 10.8 Å². The number of allylic oxidation sites excluding steroid dienone is 1. The number of hydrogen-bond acceptors (Lipinski definition) is 5. The van der Waals surface area contributed by atoms with Crippen LogP contribution in [0.4, 0.5) is 0 Å². The lowest BCUT2D eigenvalue weighted by Gasteiger charge is -2.12. The lowest BCUT2D eigenvalue weighted by atomic mass is 10.2. The van der Waals surface area contributed by atoms with Gasteiger partial charge in [-0.3, -0.25) is 0 Å².